The second kappa shape index (κ2) is 9.15. The zero-order valence-corrected chi connectivity index (χ0v) is 13.5. The van der Waals surface area contributed by atoms with Gasteiger partial charge in [0.25, 0.3) is 0 Å². The number of hydrogen-bond acceptors (Lipinski definition) is 3. The Morgan fingerprint density at radius 3 is 2.32 bits per heavy atom. The average molecular weight is 294 g/mol. The number of hydrogen-bond donors (Lipinski definition) is 2. The number of halogens is 1. The van der Waals surface area contributed by atoms with Crippen LogP contribution >= 0.6 is 12.4 Å². The molecule has 3 N–H and O–H groups in total. The van der Waals surface area contributed by atoms with Crippen molar-refractivity contribution in [1.29, 1.82) is 0 Å². The van der Waals surface area contributed by atoms with E-state index in [1.54, 1.807) is 18.9 Å². The topological polar surface area (TPSA) is 75.4 Å². The number of nitrogens with two attached hydrogens (primary N) is 1. The Hall–Kier alpha value is -0.810. The highest BCUT2D eigenvalue weighted by Gasteiger charge is 2.29. The molecule has 2 amide bonds. The maximum atomic E-state index is 12.1. The van der Waals surface area contributed by atoms with Crippen molar-refractivity contribution >= 4 is 24.2 Å². The van der Waals surface area contributed by atoms with E-state index in [0.717, 1.165) is 6.42 Å². The highest BCUT2D eigenvalue weighted by atomic mass is 35.5. The summed E-state index contributed by atoms with van der Waals surface area (Å²) in [6.45, 7) is 8.36. The van der Waals surface area contributed by atoms with Crippen molar-refractivity contribution in [1.82, 2.24) is 10.2 Å². The molecule has 0 fully saturated rings. The fraction of sp³-hybridized carbons (Fsp3) is 0.846. The highest BCUT2D eigenvalue weighted by molar-refractivity contribution is 5.85. The molecule has 0 saturated heterocycles. The van der Waals surface area contributed by atoms with Crippen LogP contribution in [0.5, 0.6) is 0 Å². The molecule has 0 bridgehead atoms. The van der Waals surface area contributed by atoms with Crippen molar-refractivity contribution in [2.75, 3.05) is 20.1 Å². The Balaban J connectivity index is 0. The Bertz CT molecular complexity index is 294. The first-order valence-corrected chi connectivity index (χ1v) is 6.54. The summed E-state index contributed by atoms with van der Waals surface area (Å²) in [6.07, 6.45) is 1.53. The monoisotopic (exact) mass is 293 g/mol. The van der Waals surface area contributed by atoms with Crippen LogP contribution in [0.1, 0.15) is 40.5 Å². The third-order valence-electron chi connectivity index (χ3n) is 2.88. The van der Waals surface area contributed by atoms with Gasteiger partial charge >= 0.3 is 0 Å². The van der Waals surface area contributed by atoms with Crippen LogP contribution in [0.2, 0.25) is 0 Å². The number of carbonyl (C=O) groups is 2. The van der Waals surface area contributed by atoms with Crippen LogP contribution in [-0.2, 0) is 9.59 Å². The first-order chi connectivity index (χ1) is 8.22. The fourth-order valence-electron chi connectivity index (χ4n) is 1.71. The summed E-state index contributed by atoms with van der Waals surface area (Å²) in [6, 6.07) is 0. The Kier molecular flexibility index (Phi) is 9.88. The molecule has 0 aromatic carbocycles. The number of carbonyl (C=O) groups excluding carboxylic acids is 2. The third-order valence-corrected chi connectivity index (χ3v) is 2.88. The van der Waals surface area contributed by atoms with Gasteiger partial charge in [-0.1, -0.05) is 27.2 Å². The van der Waals surface area contributed by atoms with Gasteiger partial charge in [0.2, 0.25) is 11.8 Å². The van der Waals surface area contributed by atoms with E-state index < -0.39 is 5.54 Å². The van der Waals surface area contributed by atoms with E-state index >= 15 is 0 Å². The first kappa shape index (κ1) is 20.5. The molecule has 1 unspecified atom stereocenters. The van der Waals surface area contributed by atoms with Gasteiger partial charge in [0.1, 0.15) is 0 Å². The fourth-order valence-corrected chi connectivity index (χ4v) is 1.71. The number of likely N-dealkylation sites (N-methyl/N-ethyl adjacent to an activating group) is 1. The SMILES string of the molecule is CCCC(C)(N)C(=O)N(C)CCNC(=O)C(C)C.Cl. The minimum absolute atomic E-state index is 0. The average Bonchev–Trinajstić information content (AvgIpc) is 2.27. The summed E-state index contributed by atoms with van der Waals surface area (Å²) < 4.78 is 0. The Morgan fingerprint density at radius 1 is 1.37 bits per heavy atom. The van der Waals surface area contributed by atoms with Gasteiger partial charge in [-0.2, -0.15) is 0 Å². The Morgan fingerprint density at radius 2 is 1.89 bits per heavy atom. The minimum atomic E-state index is -0.814. The maximum absolute atomic E-state index is 12.1. The summed E-state index contributed by atoms with van der Waals surface area (Å²) in [5, 5.41) is 2.78. The quantitative estimate of drug-likeness (QED) is 0.739. The molecule has 0 rings (SSSR count). The summed E-state index contributed by atoms with van der Waals surface area (Å²) in [5.74, 6) is -0.117. The molecule has 1 atom stereocenters. The molecular formula is C13H28ClN3O2. The van der Waals surface area contributed by atoms with Gasteiger partial charge in [0.05, 0.1) is 5.54 Å². The predicted octanol–water partition coefficient (Wildman–Crippen LogP) is 1.16. The summed E-state index contributed by atoms with van der Waals surface area (Å²) in [4.78, 5) is 25.0. The lowest BCUT2D eigenvalue weighted by Gasteiger charge is -2.29. The lowest BCUT2D eigenvalue weighted by atomic mass is 9.96. The largest absolute Gasteiger partial charge is 0.354 e. The van der Waals surface area contributed by atoms with Gasteiger partial charge in [0, 0.05) is 26.1 Å². The lowest BCUT2D eigenvalue weighted by Crippen LogP contribution is -2.53. The second-order valence-electron chi connectivity index (χ2n) is 5.34. The molecule has 19 heavy (non-hydrogen) atoms. The standard InChI is InChI=1S/C13H27N3O2.ClH/c1-6-7-13(4,14)12(18)16(5)9-8-15-11(17)10(2)3;/h10H,6-9,14H2,1-5H3,(H,15,17);1H. The summed E-state index contributed by atoms with van der Waals surface area (Å²) in [5.41, 5.74) is 5.16. The predicted molar refractivity (Wildman–Crippen MR) is 80.2 cm³/mol. The molecule has 0 aliphatic rings. The van der Waals surface area contributed by atoms with E-state index in [1.807, 2.05) is 20.8 Å². The molecule has 0 aromatic rings. The zero-order chi connectivity index (χ0) is 14.3. The van der Waals surface area contributed by atoms with Crippen LogP contribution in [0.15, 0.2) is 0 Å². The summed E-state index contributed by atoms with van der Waals surface area (Å²) >= 11 is 0. The van der Waals surface area contributed by atoms with Crippen molar-refractivity contribution in [3.8, 4) is 0 Å². The van der Waals surface area contributed by atoms with E-state index in [0.29, 0.717) is 19.5 Å². The van der Waals surface area contributed by atoms with Crippen LogP contribution in [0.3, 0.4) is 0 Å². The molecule has 6 heteroatoms. The van der Waals surface area contributed by atoms with Crippen LogP contribution in [0.4, 0.5) is 0 Å². The molecule has 0 heterocycles. The maximum Gasteiger partial charge on any atom is 0.242 e. The number of nitrogens with zero attached hydrogens (tertiary/aromatic N) is 1. The smallest absolute Gasteiger partial charge is 0.242 e. The number of amides is 2. The van der Waals surface area contributed by atoms with Gasteiger partial charge in [-0.25, -0.2) is 0 Å². The van der Waals surface area contributed by atoms with Gasteiger partial charge in [-0.3, -0.25) is 9.59 Å². The molecule has 0 aliphatic carbocycles. The number of rotatable bonds is 7. The molecule has 0 spiro atoms. The van der Waals surface area contributed by atoms with Crippen LogP contribution in [0, 0.1) is 5.92 Å². The van der Waals surface area contributed by atoms with E-state index in [4.69, 9.17) is 5.73 Å². The van der Waals surface area contributed by atoms with Gasteiger partial charge < -0.3 is 16.0 Å². The molecule has 0 radical (unpaired) electrons. The van der Waals surface area contributed by atoms with Crippen LogP contribution in [-0.4, -0.2) is 42.4 Å². The summed E-state index contributed by atoms with van der Waals surface area (Å²) in [7, 11) is 1.71. The van der Waals surface area contributed by atoms with E-state index in [1.165, 1.54) is 0 Å². The van der Waals surface area contributed by atoms with Crippen molar-refractivity contribution in [2.45, 2.75) is 46.1 Å². The minimum Gasteiger partial charge on any atom is -0.354 e. The molecule has 0 aliphatic heterocycles. The Labute approximate surface area is 122 Å². The van der Waals surface area contributed by atoms with Gasteiger partial charge in [-0.15, -0.1) is 12.4 Å². The third kappa shape index (κ3) is 7.38. The van der Waals surface area contributed by atoms with Crippen LogP contribution < -0.4 is 11.1 Å². The molecule has 114 valence electrons. The molecule has 0 aromatic heterocycles. The van der Waals surface area contributed by atoms with Crippen LogP contribution in [0.25, 0.3) is 0 Å². The zero-order valence-electron chi connectivity index (χ0n) is 12.7. The van der Waals surface area contributed by atoms with Gasteiger partial charge in [0.15, 0.2) is 0 Å². The van der Waals surface area contributed by atoms with E-state index in [2.05, 4.69) is 5.32 Å². The first-order valence-electron chi connectivity index (χ1n) is 6.54. The van der Waals surface area contributed by atoms with Crippen molar-refractivity contribution < 1.29 is 9.59 Å². The normalized spacial score (nSPS) is 13.4. The van der Waals surface area contributed by atoms with Gasteiger partial charge in [-0.05, 0) is 13.3 Å². The van der Waals surface area contributed by atoms with Crippen molar-refractivity contribution in [3.05, 3.63) is 0 Å². The number of nitrogens with one attached hydrogen (secondary N) is 1. The lowest BCUT2D eigenvalue weighted by molar-refractivity contribution is -0.135. The molecular weight excluding hydrogens is 266 g/mol. The van der Waals surface area contributed by atoms with Crippen molar-refractivity contribution in [3.63, 3.8) is 0 Å². The second-order valence-corrected chi connectivity index (χ2v) is 5.34. The van der Waals surface area contributed by atoms with E-state index in [-0.39, 0.29) is 30.1 Å². The molecule has 5 nitrogen and oxygen atoms in total. The van der Waals surface area contributed by atoms with Crippen molar-refractivity contribution in [2.24, 2.45) is 11.7 Å². The van der Waals surface area contributed by atoms with E-state index in [9.17, 15) is 9.59 Å². The molecule has 0 saturated carbocycles. The highest BCUT2D eigenvalue weighted by Crippen LogP contribution is 2.11.